The number of carbonyl (C=O) groups is 3. The van der Waals surface area contributed by atoms with Gasteiger partial charge in [-0.15, -0.1) is 0 Å². The highest BCUT2D eigenvalue weighted by molar-refractivity contribution is 6.39. The summed E-state index contributed by atoms with van der Waals surface area (Å²) in [7, 11) is 0. The molecule has 0 spiro atoms. The van der Waals surface area contributed by atoms with E-state index in [0.717, 1.165) is 23.2 Å². The van der Waals surface area contributed by atoms with Gasteiger partial charge in [0.15, 0.2) is 18.1 Å². The van der Waals surface area contributed by atoms with E-state index in [1.54, 1.807) is 42.5 Å². The van der Waals surface area contributed by atoms with Crippen molar-refractivity contribution in [2.45, 2.75) is 34.1 Å². The molecule has 0 atom stereocenters. The van der Waals surface area contributed by atoms with Crippen molar-refractivity contribution in [1.29, 1.82) is 0 Å². The average Bonchev–Trinajstić information content (AvgIpc) is 2.94. The second kappa shape index (κ2) is 14.9. The topological polar surface area (TPSA) is 127 Å². The lowest BCUT2D eigenvalue weighted by atomic mass is 10.1. The smallest absolute Gasteiger partial charge is 0.329 e. The van der Waals surface area contributed by atoms with Crippen molar-refractivity contribution in [3.8, 4) is 17.2 Å². The maximum absolute atomic E-state index is 12.4. The van der Waals surface area contributed by atoms with Crippen LogP contribution in [0.2, 0.25) is 0 Å². The zero-order valence-electron chi connectivity index (χ0n) is 23.1. The first kappa shape index (κ1) is 29.7. The molecule has 40 heavy (non-hydrogen) atoms. The summed E-state index contributed by atoms with van der Waals surface area (Å²) in [4.78, 5) is 36.7. The Hall–Kier alpha value is -4.86. The molecule has 0 saturated carbocycles. The van der Waals surface area contributed by atoms with Crippen LogP contribution in [-0.2, 0) is 14.4 Å². The molecule has 10 nitrogen and oxygen atoms in total. The largest absolute Gasteiger partial charge is 0.494 e. The molecule has 0 heterocycles. The fraction of sp³-hybridized carbons (Fsp3) is 0.267. The van der Waals surface area contributed by atoms with Crippen molar-refractivity contribution in [1.82, 2.24) is 5.43 Å². The Morgan fingerprint density at radius 2 is 1.60 bits per heavy atom. The minimum Gasteiger partial charge on any atom is -0.494 e. The maximum Gasteiger partial charge on any atom is 0.329 e. The van der Waals surface area contributed by atoms with Crippen LogP contribution in [0.3, 0.4) is 0 Å². The molecule has 3 N–H and O–H groups in total. The van der Waals surface area contributed by atoms with E-state index >= 15 is 0 Å². The summed E-state index contributed by atoms with van der Waals surface area (Å²) >= 11 is 0. The number of nitrogens with zero attached hydrogens (tertiary/aromatic N) is 1. The lowest BCUT2D eigenvalue weighted by Crippen LogP contribution is -2.32. The van der Waals surface area contributed by atoms with Crippen LogP contribution in [0.4, 0.5) is 11.4 Å². The highest BCUT2D eigenvalue weighted by atomic mass is 16.5. The third-order valence-corrected chi connectivity index (χ3v) is 5.45. The number of hydrogen-bond acceptors (Lipinski definition) is 7. The van der Waals surface area contributed by atoms with Gasteiger partial charge in [-0.05, 0) is 86.8 Å². The summed E-state index contributed by atoms with van der Waals surface area (Å²) in [5.41, 5.74) is 6.03. The molecule has 0 saturated heterocycles. The van der Waals surface area contributed by atoms with Gasteiger partial charge in [-0.2, -0.15) is 5.10 Å². The van der Waals surface area contributed by atoms with Gasteiger partial charge < -0.3 is 24.8 Å². The lowest BCUT2D eigenvalue weighted by Gasteiger charge is -2.13. The van der Waals surface area contributed by atoms with Crippen molar-refractivity contribution in [2.75, 3.05) is 30.5 Å². The zero-order chi connectivity index (χ0) is 28.9. The predicted molar refractivity (Wildman–Crippen MR) is 154 cm³/mol. The van der Waals surface area contributed by atoms with E-state index in [-0.39, 0.29) is 12.5 Å². The van der Waals surface area contributed by atoms with Crippen LogP contribution in [-0.4, -0.2) is 43.8 Å². The second-order valence-electron chi connectivity index (χ2n) is 8.82. The predicted octanol–water partition coefficient (Wildman–Crippen LogP) is 4.60. The molecule has 0 fully saturated rings. The molecule has 3 rings (SSSR count). The number of aryl methyl sites for hydroxylation is 2. The summed E-state index contributed by atoms with van der Waals surface area (Å²) in [6, 6.07) is 17.4. The number of anilines is 2. The van der Waals surface area contributed by atoms with Gasteiger partial charge in [0.2, 0.25) is 0 Å². The van der Waals surface area contributed by atoms with Gasteiger partial charge in [0, 0.05) is 11.4 Å². The Morgan fingerprint density at radius 1 is 0.825 bits per heavy atom. The molecule has 3 aromatic carbocycles. The highest BCUT2D eigenvalue weighted by Gasteiger charge is 2.14. The summed E-state index contributed by atoms with van der Waals surface area (Å²) in [6.45, 7) is 8.50. The molecule has 210 valence electrons. The highest BCUT2D eigenvalue weighted by Crippen LogP contribution is 2.28. The van der Waals surface area contributed by atoms with E-state index in [9.17, 15) is 14.4 Å². The van der Waals surface area contributed by atoms with Crippen LogP contribution >= 0.6 is 0 Å². The maximum atomic E-state index is 12.4. The van der Waals surface area contributed by atoms with E-state index in [4.69, 9.17) is 14.2 Å². The molecule has 3 aromatic rings. The molecule has 0 aromatic heterocycles. The third kappa shape index (κ3) is 9.16. The molecule has 0 unspecified atom stereocenters. The summed E-state index contributed by atoms with van der Waals surface area (Å²) in [5.74, 6) is -0.635. The molecule has 3 amide bonds. The monoisotopic (exact) mass is 546 g/mol. The van der Waals surface area contributed by atoms with E-state index in [0.29, 0.717) is 41.7 Å². The van der Waals surface area contributed by atoms with Crippen LogP contribution in [0.5, 0.6) is 17.2 Å². The lowest BCUT2D eigenvalue weighted by molar-refractivity contribution is -0.136. The number of carbonyl (C=O) groups excluding carboxylic acids is 3. The van der Waals surface area contributed by atoms with Gasteiger partial charge in [0.1, 0.15) is 5.75 Å². The van der Waals surface area contributed by atoms with E-state index in [2.05, 4.69) is 21.2 Å². The zero-order valence-corrected chi connectivity index (χ0v) is 23.1. The van der Waals surface area contributed by atoms with Crippen LogP contribution in [0, 0.1) is 13.8 Å². The van der Waals surface area contributed by atoms with Gasteiger partial charge in [0.05, 0.1) is 19.4 Å². The number of nitrogens with one attached hydrogen (secondary N) is 3. The SMILES string of the molecule is CCCOc1ccc(NC(=O)C(=O)N/N=C\c2ccc(OCC(=O)Nc3ccc(C)cc3C)c(OCC)c2)cc1. The molecular formula is C30H34N4O6. The van der Waals surface area contributed by atoms with Crippen molar-refractivity contribution in [3.63, 3.8) is 0 Å². The molecular weight excluding hydrogens is 512 g/mol. The van der Waals surface area contributed by atoms with Gasteiger partial charge in [0.25, 0.3) is 5.91 Å². The quantitative estimate of drug-likeness (QED) is 0.173. The van der Waals surface area contributed by atoms with Crippen molar-refractivity contribution in [3.05, 3.63) is 77.4 Å². The van der Waals surface area contributed by atoms with Crippen molar-refractivity contribution < 1.29 is 28.6 Å². The minimum atomic E-state index is -0.928. The Kier molecular flexibility index (Phi) is 11.1. The van der Waals surface area contributed by atoms with Gasteiger partial charge in [-0.3, -0.25) is 14.4 Å². The number of amides is 3. The number of hydrogen-bond donors (Lipinski definition) is 3. The summed E-state index contributed by atoms with van der Waals surface area (Å²) < 4.78 is 16.8. The summed E-state index contributed by atoms with van der Waals surface area (Å²) in [5, 5.41) is 9.19. The van der Waals surface area contributed by atoms with Gasteiger partial charge >= 0.3 is 11.8 Å². The Morgan fingerprint density at radius 3 is 2.30 bits per heavy atom. The van der Waals surface area contributed by atoms with Crippen LogP contribution in [0.15, 0.2) is 65.8 Å². The Bertz CT molecular complexity index is 1350. The molecule has 0 aliphatic carbocycles. The van der Waals surface area contributed by atoms with E-state index in [1.165, 1.54) is 6.21 Å². The second-order valence-corrected chi connectivity index (χ2v) is 8.82. The normalized spacial score (nSPS) is 10.6. The van der Waals surface area contributed by atoms with Crippen molar-refractivity contribution in [2.24, 2.45) is 5.10 Å². The van der Waals surface area contributed by atoms with Gasteiger partial charge in [-0.1, -0.05) is 24.6 Å². The number of benzene rings is 3. The van der Waals surface area contributed by atoms with E-state index in [1.807, 2.05) is 45.9 Å². The first-order valence-corrected chi connectivity index (χ1v) is 12.9. The standard InChI is InChI=1S/C30H34N4O6/c1-5-15-39-24-11-9-23(10-12-24)32-29(36)30(37)34-31-18-22-8-14-26(27(17-22)38-6-2)40-19-28(35)33-25-13-7-20(3)16-21(25)4/h7-14,16-18H,5-6,15,19H2,1-4H3,(H,32,36)(H,33,35)(H,34,37)/b31-18-. The Balaban J connectivity index is 1.53. The molecule has 0 aliphatic rings. The van der Waals surface area contributed by atoms with E-state index < -0.39 is 11.8 Å². The van der Waals surface area contributed by atoms with Gasteiger partial charge in [-0.25, -0.2) is 5.43 Å². The number of hydrazone groups is 1. The third-order valence-electron chi connectivity index (χ3n) is 5.45. The summed E-state index contributed by atoms with van der Waals surface area (Å²) in [6.07, 6.45) is 2.25. The van der Waals surface area contributed by atoms with Crippen LogP contribution < -0.4 is 30.3 Å². The van der Waals surface area contributed by atoms with Crippen molar-refractivity contribution >= 4 is 35.3 Å². The minimum absolute atomic E-state index is 0.208. The average molecular weight is 547 g/mol. The van der Waals surface area contributed by atoms with Crippen LogP contribution in [0.25, 0.3) is 0 Å². The molecule has 0 aliphatic heterocycles. The first-order chi connectivity index (χ1) is 19.3. The molecule has 10 heteroatoms. The molecule has 0 radical (unpaired) electrons. The number of ether oxygens (including phenoxy) is 3. The molecule has 0 bridgehead atoms. The number of rotatable bonds is 12. The Labute approximate surface area is 233 Å². The fourth-order valence-corrected chi connectivity index (χ4v) is 3.53. The fourth-order valence-electron chi connectivity index (χ4n) is 3.53. The first-order valence-electron chi connectivity index (χ1n) is 12.9. The van der Waals surface area contributed by atoms with Crippen LogP contribution in [0.1, 0.15) is 37.0 Å².